The highest BCUT2D eigenvalue weighted by Crippen LogP contribution is 2.22. The van der Waals surface area contributed by atoms with Crippen LogP contribution in [0.15, 0.2) is 18.2 Å². The Kier molecular flexibility index (Phi) is 4.19. The summed E-state index contributed by atoms with van der Waals surface area (Å²) in [6.07, 6.45) is 2.26. The fraction of sp³-hybridized carbons (Fsp3) is 0.571. The van der Waals surface area contributed by atoms with Crippen LogP contribution in [0.4, 0.5) is 4.39 Å². The van der Waals surface area contributed by atoms with E-state index in [2.05, 4.69) is 16.8 Å². The van der Waals surface area contributed by atoms with Crippen molar-refractivity contribution in [3.05, 3.63) is 29.6 Å². The van der Waals surface area contributed by atoms with E-state index in [9.17, 15) is 9.50 Å². The van der Waals surface area contributed by atoms with E-state index in [-0.39, 0.29) is 11.6 Å². The van der Waals surface area contributed by atoms with E-state index in [0.717, 1.165) is 25.9 Å². The summed E-state index contributed by atoms with van der Waals surface area (Å²) < 4.78 is 13.2. The van der Waals surface area contributed by atoms with Crippen LogP contribution >= 0.6 is 0 Å². The minimum Gasteiger partial charge on any atom is -0.508 e. The Hall–Kier alpha value is -1.13. The molecule has 0 atom stereocenters. The Morgan fingerprint density at radius 1 is 1.39 bits per heavy atom. The second-order valence-electron chi connectivity index (χ2n) is 5.22. The zero-order valence-corrected chi connectivity index (χ0v) is 11.1. The van der Waals surface area contributed by atoms with Crippen molar-refractivity contribution in [3.8, 4) is 5.75 Å². The number of nitrogens with zero attached hydrogens (tertiary/aromatic N) is 2. The van der Waals surface area contributed by atoms with Crippen molar-refractivity contribution in [2.75, 3.05) is 27.2 Å². The Labute approximate surface area is 108 Å². The minimum absolute atomic E-state index is 0.177. The highest BCUT2D eigenvalue weighted by Gasteiger charge is 2.21. The van der Waals surface area contributed by atoms with Gasteiger partial charge < -0.3 is 10.0 Å². The minimum atomic E-state index is -0.292. The van der Waals surface area contributed by atoms with E-state index < -0.39 is 0 Å². The van der Waals surface area contributed by atoms with Gasteiger partial charge in [-0.05, 0) is 58.2 Å². The van der Waals surface area contributed by atoms with Gasteiger partial charge in [0.2, 0.25) is 0 Å². The van der Waals surface area contributed by atoms with E-state index in [1.54, 1.807) is 0 Å². The summed E-state index contributed by atoms with van der Waals surface area (Å²) in [5, 5.41) is 9.72. The SMILES string of the molecule is CN1CCC(N(C)Cc2cc(F)ccc2O)CC1. The van der Waals surface area contributed by atoms with Gasteiger partial charge in [0.25, 0.3) is 0 Å². The average Bonchev–Trinajstić information content (AvgIpc) is 2.34. The van der Waals surface area contributed by atoms with E-state index in [4.69, 9.17) is 0 Å². The highest BCUT2D eigenvalue weighted by molar-refractivity contribution is 5.32. The number of hydrogen-bond donors (Lipinski definition) is 1. The van der Waals surface area contributed by atoms with E-state index >= 15 is 0 Å². The van der Waals surface area contributed by atoms with Gasteiger partial charge in [0.1, 0.15) is 11.6 Å². The molecule has 0 aliphatic carbocycles. The maximum atomic E-state index is 13.2. The second-order valence-corrected chi connectivity index (χ2v) is 5.22. The van der Waals surface area contributed by atoms with Crippen molar-refractivity contribution in [2.24, 2.45) is 0 Å². The number of halogens is 1. The first-order chi connectivity index (χ1) is 8.56. The summed E-state index contributed by atoms with van der Waals surface area (Å²) in [7, 11) is 4.18. The zero-order chi connectivity index (χ0) is 13.1. The summed E-state index contributed by atoms with van der Waals surface area (Å²) in [5.41, 5.74) is 0.663. The van der Waals surface area contributed by atoms with Gasteiger partial charge in [0.05, 0.1) is 0 Å². The van der Waals surface area contributed by atoms with Gasteiger partial charge in [-0.3, -0.25) is 4.90 Å². The van der Waals surface area contributed by atoms with Crippen molar-refractivity contribution in [3.63, 3.8) is 0 Å². The normalized spacial score (nSPS) is 18.4. The first kappa shape index (κ1) is 13.3. The molecule has 1 aliphatic heterocycles. The molecular formula is C14H21FN2O. The summed E-state index contributed by atoms with van der Waals surface area (Å²) in [5.74, 6) is -0.115. The van der Waals surface area contributed by atoms with Crippen LogP contribution in [0.25, 0.3) is 0 Å². The highest BCUT2D eigenvalue weighted by atomic mass is 19.1. The number of phenolic OH excluding ortho intramolecular Hbond substituents is 1. The molecule has 1 aromatic rings. The maximum Gasteiger partial charge on any atom is 0.123 e. The number of likely N-dealkylation sites (tertiary alicyclic amines) is 1. The molecule has 1 fully saturated rings. The van der Waals surface area contributed by atoms with E-state index in [1.807, 2.05) is 7.05 Å². The van der Waals surface area contributed by atoms with Crippen LogP contribution in [0.5, 0.6) is 5.75 Å². The molecule has 1 aliphatic rings. The number of phenols is 1. The van der Waals surface area contributed by atoms with Crippen LogP contribution in [-0.2, 0) is 6.54 Å². The van der Waals surface area contributed by atoms with Gasteiger partial charge in [0, 0.05) is 18.2 Å². The maximum absolute atomic E-state index is 13.2. The molecule has 1 N–H and O–H groups in total. The molecule has 0 bridgehead atoms. The first-order valence-corrected chi connectivity index (χ1v) is 6.42. The fourth-order valence-electron chi connectivity index (χ4n) is 2.51. The lowest BCUT2D eigenvalue weighted by molar-refractivity contribution is 0.138. The summed E-state index contributed by atoms with van der Waals surface area (Å²) in [6, 6.07) is 4.64. The van der Waals surface area contributed by atoms with Crippen molar-refractivity contribution < 1.29 is 9.50 Å². The fourth-order valence-corrected chi connectivity index (χ4v) is 2.51. The summed E-state index contributed by atoms with van der Waals surface area (Å²) >= 11 is 0. The Bertz CT molecular complexity index is 403. The van der Waals surface area contributed by atoms with Crippen molar-refractivity contribution in [1.82, 2.24) is 9.80 Å². The van der Waals surface area contributed by atoms with Crippen LogP contribution in [0.1, 0.15) is 18.4 Å². The van der Waals surface area contributed by atoms with Crippen LogP contribution in [0, 0.1) is 5.82 Å². The Balaban J connectivity index is 1.98. The van der Waals surface area contributed by atoms with Crippen LogP contribution in [0.2, 0.25) is 0 Å². The molecule has 4 heteroatoms. The quantitative estimate of drug-likeness (QED) is 0.892. The van der Waals surface area contributed by atoms with Crippen molar-refractivity contribution in [2.45, 2.75) is 25.4 Å². The lowest BCUT2D eigenvalue weighted by Gasteiger charge is -2.35. The third-order valence-electron chi connectivity index (χ3n) is 3.77. The molecule has 2 rings (SSSR count). The monoisotopic (exact) mass is 252 g/mol. The van der Waals surface area contributed by atoms with Gasteiger partial charge >= 0.3 is 0 Å². The van der Waals surface area contributed by atoms with Crippen LogP contribution in [0.3, 0.4) is 0 Å². The number of hydrogen-bond acceptors (Lipinski definition) is 3. The Morgan fingerprint density at radius 3 is 2.72 bits per heavy atom. The lowest BCUT2D eigenvalue weighted by atomic mass is 10.0. The predicted molar refractivity (Wildman–Crippen MR) is 70.1 cm³/mol. The van der Waals surface area contributed by atoms with E-state index in [0.29, 0.717) is 18.2 Å². The molecule has 18 heavy (non-hydrogen) atoms. The van der Waals surface area contributed by atoms with Crippen LogP contribution < -0.4 is 0 Å². The molecule has 3 nitrogen and oxygen atoms in total. The standard InChI is InChI=1S/C14H21FN2O/c1-16-7-5-13(6-8-16)17(2)10-11-9-12(15)3-4-14(11)18/h3-4,9,13,18H,5-8,10H2,1-2H3. The molecule has 1 saturated heterocycles. The lowest BCUT2D eigenvalue weighted by Crippen LogP contribution is -2.41. The van der Waals surface area contributed by atoms with Gasteiger partial charge in [0.15, 0.2) is 0 Å². The third kappa shape index (κ3) is 3.21. The molecule has 1 aromatic carbocycles. The molecule has 0 amide bonds. The van der Waals surface area contributed by atoms with Crippen LogP contribution in [-0.4, -0.2) is 48.1 Å². The first-order valence-electron chi connectivity index (χ1n) is 6.42. The second kappa shape index (κ2) is 5.67. The third-order valence-corrected chi connectivity index (χ3v) is 3.77. The molecule has 0 aromatic heterocycles. The predicted octanol–water partition coefficient (Wildman–Crippen LogP) is 2.06. The van der Waals surface area contributed by atoms with Crippen molar-refractivity contribution >= 4 is 0 Å². The largest absolute Gasteiger partial charge is 0.508 e. The summed E-state index contributed by atoms with van der Waals surface area (Å²) in [6.45, 7) is 2.80. The molecule has 0 unspecified atom stereocenters. The van der Waals surface area contributed by atoms with Gasteiger partial charge in [-0.2, -0.15) is 0 Å². The van der Waals surface area contributed by atoms with Crippen molar-refractivity contribution in [1.29, 1.82) is 0 Å². The topological polar surface area (TPSA) is 26.7 Å². The zero-order valence-electron chi connectivity index (χ0n) is 11.1. The summed E-state index contributed by atoms with van der Waals surface area (Å²) in [4.78, 5) is 4.53. The molecule has 100 valence electrons. The number of piperidine rings is 1. The molecular weight excluding hydrogens is 231 g/mol. The molecule has 0 saturated carbocycles. The molecule has 0 spiro atoms. The average molecular weight is 252 g/mol. The van der Waals surface area contributed by atoms with Gasteiger partial charge in [-0.1, -0.05) is 0 Å². The number of rotatable bonds is 3. The van der Waals surface area contributed by atoms with E-state index in [1.165, 1.54) is 18.2 Å². The van der Waals surface area contributed by atoms with Gasteiger partial charge in [-0.15, -0.1) is 0 Å². The number of aromatic hydroxyl groups is 1. The Morgan fingerprint density at radius 2 is 2.06 bits per heavy atom. The molecule has 1 heterocycles. The number of benzene rings is 1. The molecule has 0 radical (unpaired) electrons. The smallest absolute Gasteiger partial charge is 0.123 e. The van der Waals surface area contributed by atoms with Gasteiger partial charge in [-0.25, -0.2) is 4.39 Å².